The highest BCUT2D eigenvalue weighted by Crippen LogP contribution is 2.43. The third-order valence-corrected chi connectivity index (χ3v) is 5.63. The highest BCUT2D eigenvalue weighted by atomic mass is 32.2. The van der Waals surface area contributed by atoms with E-state index < -0.39 is 9.84 Å². The van der Waals surface area contributed by atoms with Crippen LogP contribution in [0.1, 0.15) is 31.7 Å². The summed E-state index contributed by atoms with van der Waals surface area (Å²) in [7, 11) is -2.97. The molecule has 1 aliphatic carbocycles. The van der Waals surface area contributed by atoms with Crippen molar-refractivity contribution in [1.29, 1.82) is 0 Å². The average molecular weight is 382 g/mol. The second-order valence-corrected chi connectivity index (χ2v) is 9.12. The molecule has 7 heteroatoms. The maximum Gasteiger partial charge on any atom is 0.191 e. The molecular weight excluding hydrogens is 350 g/mol. The zero-order valence-electron chi connectivity index (χ0n) is 15.8. The maximum absolute atomic E-state index is 11.1. The van der Waals surface area contributed by atoms with Gasteiger partial charge in [0.15, 0.2) is 5.96 Å². The molecule has 1 saturated carbocycles. The first-order chi connectivity index (χ1) is 12.5. The lowest BCUT2D eigenvalue weighted by Gasteiger charge is -2.41. The van der Waals surface area contributed by atoms with Crippen molar-refractivity contribution in [2.45, 2.75) is 31.6 Å². The van der Waals surface area contributed by atoms with E-state index in [4.69, 9.17) is 9.73 Å². The van der Waals surface area contributed by atoms with Crippen LogP contribution < -0.4 is 10.6 Å². The number of rotatable bonds is 10. The Bertz CT molecular complexity index is 671. The lowest BCUT2D eigenvalue weighted by Crippen LogP contribution is -2.42. The Morgan fingerprint density at radius 2 is 1.92 bits per heavy atom. The summed E-state index contributed by atoms with van der Waals surface area (Å²) >= 11 is 0. The second-order valence-electron chi connectivity index (χ2n) is 6.86. The molecule has 0 aliphatic heterocycles. The number of sulfone groups is 1. The van der Waals surface area contributed by atoms with Crippen molar-refractivity contribution in [3.05, 3.63) is 35.9 Å². The van der Waals surface area contributed by atoms with Crippen LogP contribution in [0.3, 0.4) is 0 Å². The van der Waals surface area contributed by atoms with E-state index in [9.17, 15) is 8.42 Å². The van der Waals surface area contributed by atoms with Gasteiger partial charge < -0.3 is 15.4 Å². The molecule has 1 aromatic rings. The summed E-state index contributed by atoms with van der Waals surface area (Å²) in [5.74, 6) is 0.835. The van der Waals surface area contributed by atoms with E-state index >= 15 is 0 Å². The molecule has 0 aromatic heterocycles. The fraction of sp³-hybridized carbons (Fsp3) is 0.632. The van der Waals surface area contributed by atoms with E-state index in [1.165, 1.54) is 31.1 Å². The topological polar surface area (TPSA) is 79.8 Å². The van der Waals surface area contributed by atoms with Gasteiger partial charge in [0.25, 0.3) is 0 Å². The second kappa shape index (κ2) is 9.92. The molecule has 6 nitrogen and oxygen atoms in total. The van der Waals surface area contributed by atoms with Crippen molar-refractivity contribution in [2.24, 2.45) is 4.99 Å². The number of guanidine groups is 1. The van der Waals surface area contributed by atoms with Crippen LogP contribution in [0.4, 0.5) is 0 Å². The van der Waals surface area contributed by atoms with Gasteiger partial charge >= 0.3 is 0 Å². The molecule has 26 heavy (non-hydrogen) atoms. The Morgan fingerprint density at radius 3 is 2.50 bits per heavy atom. The quantitative estimate of drug-likeness (QED) is 0.366. The van der Waals surface area contributed by atoms with E-state index in [-0.39, 0.29) is 17.8 Å². The number of benzene rings is 1. The van der Waals surface area contributed by atoms with Gasteiger partial charge in [-0.25, -0.2) is 8.42 Å². The van der Waals surface area contributed by atoms with Crippen molar-refractivity contribution < 1.29 is 13.2 Å². The smallest absolute Gasteiger partial charge is 0.191 e. The van der Waals surface area contributed by atoms with E-state index in [2.05, 4.69) is 41.0 Å². The molecule has 0 saturated heterocycles. The number of hydrogen-bond donors (Lipinski definition) is 2. The van der Waals surface area contributed by atoms with Crippen LogP contribution in [0, 0.1) is 0 Å². The summed E-state index contributed by atoms with van der Waals surface area (Å²) in [6, 6.07) is 10.6. The summed E-state index contributed by atoms with van der Waals surface area (Å²) < 4.78 is 27.5. The van der Waals surface area contributed by atoms with Crippen LogP contribution in [-0.4, -0.2) is 59.2 Å². The Morgan fingerprint density at radius 1 is 1.19 bits per heavy atom. The lowest BCUT2D eigenvalue weighted by molar-refractivity contribution is 0.154. The first-order valence-corrected chi connectivity index (χ1v) is 11.3. The normalized spacial score (nSPS) is 16.8. The van der Waals surface area contributed by atoms with Gasteiger partial charge in [0.2, 0.25) is 0 Å². The molecule has 0 unspecified atom stereocenters. The Labute approximate surface area is 157 Å². The van der Waals surface area contributed by atoms with Crippen molar-refractivity contribution in [2.75, 3.05) is 44.9 Å². The minimum atomic E-state index is -2.97. The Kier molecular flexibility index (Phi) is 7.90. The molecule has 2 N–H and O–H groups in total. The Hall–Kier alpha value is -1.60. The third-order valence-electron chi connectivity index (χ3n) is 4.72. The molecule has 146 valence electrons. The van der Waals surface area contributed by atoms with Gasteiger partial charge in [-0.3, -0.25) is 4.99 Å². The van der Waals surface area contributed by atoms with Crippen LogP contribution in [0.5, 0.6) is 0 Å². The minimum absolute atomic E-state index is 0.0563. The molecule has 1 aromatic carbocycles. The summed E-state index contributed by atoms with van der Waals surface area (Å²) in [6.07, 6.45) is 4.82. The first kappa shape index (κ1) is 20.7. The number of ether oxygens (including phenoxy) is 1. The fourth-order valence-corrected chi connectivity index (χ4v) is 3.48. The van der Waals surface area contributed by atoms with E-state index in [0.717, 1.165) is 19.0 Å². The average Bonchev–Trinajstić information content (AvgIpc) is 2.57. The highest BCUT2D eigenvalue weighted by molar-refractivity contribution is 7.90. The standard InChI is InChI=1S/C19H31N3O3S/c1-3-20-18(21-12-13-25-14-15-26(2,23)24)22-16-19(10-7-11-19)17-8-5-4-6-9-17/h4-6,8-9H,3,7,10-16H2,1-2H3,(H2,20,21,22). The molecule has 0 radical (unpaired) electrons. The summed E-state index contributed by atoms with van der Waals surface area (Å²) in [6.45, 7) is 4.86. The number of hydrogen-bond acceptors (Lipinski definition) is 4. The Balaban J connectivity index is 1.82. The molecule has 1 aliphatic rings. The molecule has 0 heterocycles. The van der Waals surface area contributed by atoms with Gasteiger partial charge in [-0.05, 0) is 25.3 Å². The molecular formula is C19H31N3O3S. The van der Waals surface area contributed by atoms with Crippen LogP contribution in [0.25, 0.3) is 0 Å². The summed E-state index contributed by atoms with van der Waals surface area (Å²) in [5, 5.41) is 6.51. The van der Waals surface area contributed by atoms with Gasteiger partial charge in [-0.2, -0.15) is 0 Å². The van der Waals surface area contributed by atoms with Crippen molar-refractivity contribution in [3.8, 4) is 0 Å². The van der Waals surface area contributed by atoms with E-state index in [1.54, 1.807) is 0 Å². The van der Waals surface area contributed by atoms with E-state index in [0.29, 0.717) is 13.2 Å². The van der Waals surface area contributed by atoms with Gasteiger partial charge in [0.1, 0.15) is 9.84 Å². The predicted molar refractivity (Wildman–Crippen MR) is 106 cm³/mol. The SMILES string of the molecule is CCNC(=NCC1(c2ccccc2)CCC1)NCCOCCS(C)(=O)=O. The third kappa shape index (κ3) is 6.61. The zero-order valence-corrected chi connectivity index (χ0v) is 16.6. The zero-order chi connectivity index (χ0) is 18.9. The van der Waals surface area contributed by atoms with Crippen molar-refractivity contribution in [3.63, 3.8) is 0 Å². The summed E-state index contributed by atoms with van der Waals surface area (Å²) in [5.41, 5.74) is 1.53. The monoisotopic (exact) mass is 381 g/mol. The number of nitrogens with one attached hydrogen (secondary N) is 2. The van der Waals surface area contributed by atoms with Gasteiger partial charge in [-0.1, -0.05) is 36.8 Å². The lowest BCUT2D eigenvalue weighted by atomic mass is 9.64. The van der Waals surface area contributed by atoms with Crippen molar-refractivity contribution >= 4 is 15.8 Å². The predicted octanol–water partition coefficient (Wildman–Crippen LogP) is 1.72. The number of aliphatic imine (C=N–C) groups is 1. The van der Waals surface area contributed by atoms with Gasteiger partial charge in [0, 0.05) is 24.8 Å². The number of nitrogens with zero attached hydrogens (tertiary/aromatic N) is 1. The van der Waals surface area contributed by atoms with Crippen LogP contribution in [0.15, 0.2) is 35.3 Å². The van der Waals surface area contributed by atoms with Crippen molar-refractivity contribution in [1.82, 2.24) is 10.6 Å². The first-order valence-electron chi connectivity index (χ1n) is 9.28. The molecule has 2 rings (SSSR count). The molecule has 0 spiro atoms. The molecule has 0 amide bonds. The fourth-order valence-electron chi connectivity index (χ4n) is 3.06. The van der Waals surface area contributed by atoms with Crippen LogP contribution in [-0.2, 0) is 20.0 Å². The highest BCUT2D eigenvalue weighted by Gasteiger charge is 2.38. The molecule has 0 bridgehead atoms. The van der Waals surface area contributed by atoms with Gasteiger partial charge in [-0.15, -0.1) is 0 Å². The van der Waals surface area contributed by atoms with Crippen LogP contribution >= 0.6 is 0 Å². The minimum Gasteiger partial charge on any atom is -0.379 e. The molecule has 0 atom stereocenters. The maximum atomic E-state index is 11.1. The molecule has 1 fully saturated rings. The summed E-state index contributed by atoms with van der Waals surface area (Å²) in [4.78, 5) is 4.78. The van der Waals surface area contributed by atoms with E-state index in [1.807, 2.05) is 6.92 Å². The van der Waals surface area contributed by atoms with Crippen LogP contribution in [0.2, 0.25) is 0 Å². The largest absolute Gasteiger partial charge is 0.379 e. The van der Waals surface area contributed by atoms with Gasteiger partial charge in [0.05, 0.1) is 25.5 Å².